The minimum absolute atomic E-state index is 0.0284. The van der Waals surface area contributed by atoms with Crippen molar-refractivity contribution in [2.45, 2.75) is 27.4 Å². The van der Waals surface area contributed by atoms with Crippen LogP contribution < -0.4 is 4.74 Å². The number of aryl methyl sites for hydroxylation is 1. The highest BCUT2D eigenvalue weighted by Gasteiger charge is 2.12. The number of ether oxygens (including phenoxy) is 1. The van der Waals surface area contributed by atoms with E-state index in [1.807, 2.05) is 20.8 Å². The smallest absolute Gasteiger partial charge is 0.260 e. The van der Waals surface area contributed by atoms with E-state index in [-0.39, 0.29) is 19.1 Å². The highest BCUT2D eigenvalue weighted by molar-refractivity contribution is 5.77. The molecule has 1 aromatic rings. The van der Waals surface area contributed by atoms with Crippen molar-refractivity contribution in [2.75, 3.05) is 19.7 Å². The van der Waals surface area contributed by atoms with Crippen LogP contribution in [0, 0.1) is 6.92 Å². The van der Waals surface area contributed by atoms with Gasteiger partial charge in [0, 0.05) is 18.8 Å². The van der Waals surface area contributed by atoms with E-state index in [1.165, 1.54) is 0 Å². The molecule has 0 spiro atoms. The zero-order valence-electron chi connectivity index (χ0n) is 11.1. The molecular weight excluding hydrogens is 232 g/mol. The second-order valence-corrected chi connectivity index (χ2v) is 3.91. The molecule has 0 bridgehead atoms. The van der Waals surface area contributed by atoms with Crippen molar-refractivity contribution in [1.82, 2.24) is 9.88 Å². The molecule has 0 aliphatic heterocycles. The van der Waals surface area contributed by atoms with Crippen LogP contribution in [0.15, 0.2) is 12.1 Å². The van der Waals surface area contributed by atoms with Gasteiger partial charge in [-0.05, 0) is 32.9 Å². The molecule has 1 aromatic heterocycles. The predicted octanol–water partition coefficient (Wildman–Crippen LogP) is 1.13. The molecule has 5 heteroatoms. The van der Waals surface area contributed by atoms with E-state index >= 15 is 0 Å². The van der Waals surface area contributed by atoms with E-state index in [1.54, 1.807) is 17.0 Å². The fourth-order valence-electron chi connectivity index (χ4n) is 1.65. The first kappa shape index (κ1) is 14.4. The number of aromatic nitrogens is 1. The van der Waals surface area contributed by atoms with E-state index in [2.05, 4.69) is 4.98 Å². The number of aliphatic hydroxyl groups is 1. The van der Waals surface area contributed by atoms with Gasteiger partial charge in [-0.15, -0.1) is 0 Å². The van der Waals surface area contributed by atoms with Crippen molar-refractivity contribution in [1.29, 1.82) is 0 Å². The summed E-state index contributed by atoms with van der Waals surface area (Å²) in [6, 6.07) is 3.51. The maximum absolute atomic E-state index is 11.8. The Balaban J connectivity index is 2.66. The summed E-state index contributed by atoms with van der Waals surface area (Å²) < 4.78 is 5.42. The van der Waals surface area contributed by atoms with Gasteiger partial charge in [0.25, 0.3) is 5.91 Å². The third-order valence-corrected chi connectivity index (χ3v) is 2.69. The Labute approximate surface area is 107 Å². The Kier molecular flexibility index (Phi) is 5.58. The van der Waals surface area contributed by atoms with Gasteiger partial charge in [-0.3, -0.25) is 9.78 Å². The normalized spacial score (nSPS) is 10.2. The number of hydrogen-bond acceptors (Lipinski definition) is 4. The molecule has 0 fully saturated rings. The number of carbonyl (C=O) groups excluding carboxylic acids is 1. The second-order valence-electron chi connectivity index (χ2n) is 3.91. The summed E-state index contributed by atoms with van der Waals surface area (Å²) in [5.74, 6) is 0.396. The molecular formula is C13H20N2O3. The molecule has 5 nitrogen and oxygen atoms in total. The summed E-state index contributed by atoms with van der Waals surface area (Å²) in [6.07, 6.45) is 0. The zero-order chi connectivity index (χ0) is 13.5. The zero-order valence-corrected chi connectivity index (χ0v) is 11.1. The summed E-state index contributed by atoms with van der Waals surface area (Å²) in [7, 11) is 0. The molecule has 100 valence electrons. The lowest BCUT2D eigenvalue weighted by molar-refractivity contribution is -0.133. The maximum Gasteiger partial charge on any atom is 0.260 e. The van der Waals surface area contributed by atoms with E-state index in [4.69, 9.17) is 4.74 Å². The molecule has 1 rings (SSSR count). The number of hydrogen-bond donors (Lipinski definition) is 1. The summed E-state index contributed by atoms with van der Waals surface area (Å²) >= 11 is 0. The lowest BCUT2D eigenvalue weighted by Gasteiger charge is -2.19. The number of likely N-dealkylation sites (N-methyl/N-ethyl adjacent to an activating group) is 1. The van der Waals surface area contributed by atoms with Crippen molar-refractivity contribution in [3.05, 3.63) is 23.5 Å². The average Bonchev–Trinajstić information content (AvgIpc) is 2.38. The maximum atomic E-state index is 11.8. The quantitative estimate of drug-likeness (QED) is 0.824. The number of carbonyl (C=O) groups is 1. The van der Waals surface area contributed by atoms with Gasteiger partial charge in [0.1, 0.15) is 11.4 Å². The summed E-state index contributed by atoms with van der Waals surface area (Å²) in [5.41, 5.74) is 1.27. The molecule has 1 heterocycles. The highest BCUT2D eigenvalue weighted by atomic mass is 16.5. The Morgan fingerprint density at radius 1 is 1.39 bits per heavy atom. The molecule has 0 radical (unpaired) electrons. The molecule has 0 aliphatic rings. The van der Waals surface area contributed by atoms with Gasteiger partial charge in [-0.2, -0.15) is 0 Å². The second kappa shape index (κ2) is 6.96. The molecule has 0 saturated carbocycles. The van der Waals surface area contributed by atoms with Crippen molar-refractivity contribution in [3.8, 4) is 5.75 Å². The number of nitrogens with zero attached hydrogens (tertiary/aromatic N) is 2. The first-order chi connectivity index (χ1) is 8.62. The Morgan fingerprint density at radius 2 is 2.06 bits per heavy atom. The van der Waals surface area contributed by atoms with E-state index < -0.39 is 0 Å². The van der Waals surface area contributed by atoms with Crippen molar-refractivity contribution in [2.24, 2.45) is 0 Å². The van der Waals surface area contributed by atoms with Crippen LogP contribution in [0.5, 0.6) is 5.75 Å². The molecule has 0 atom stereocenters. The van der Waals surface area contributed by atoms with Crippen molar-refractivity contribution in [3.63, 3.8) is 0 Å². The Bertz CT molecular complexity index is 403. The van der Waals surface area contributed by atoms with Gasteiger partial charge >= 0.3 is 0 Å². The first-order valence-electron chi connectivity index (χ1n) is 6.10. The minimum Gasteiger partial charge on any atom is -0.482 e. The largest absolute Gasteiger partial charge is 0.482 e. The molecule has 0 unspecified atom stereocenters. The lowest BCUT2D eigenvalue weighted by Crippen LogP contribution is -2.34. The SMILES string of the molecule is CCN(CC)C(=O)COc1ccc(C)nc1CO. The van der Waals surface area contributed by atoms with Gasteiger partial charge in [0.2, 0.25) is 0 Å². The van der Waals surface area contributed by atoms with Gasteiger partial charge in [-0.1, -0.05) is 0 Å². The number of rotatable bonds is 6. The van der Waals surface area contributed by atoms with E-state index in [9.17, 15) is 9.90 Å². The standard InChI is InChI=1S/C13H20N2O3/c1-4-15(5-2)13(17)9-18-12-7-6-10(3)14-11(12)8-16/h6-7,16H,4-5,8-9H2,1-3H3. The molecule has 18 heavy (non-hydrogen) atoms. The van der Waals surface area contributed by atoms with Crippen LogP contribution in [0.1, 0.15) is 25.2 Å². The van der Waals surface area contributed by atoms with Crippen LogP contribution in [0.2, 0.25) is 0 Å². The predicted molar refractivity (Wildman–Crippen MR) is 68.3 cm³/mol. The van der Waals surface area contributed by atoms with Gasteiger partial charge in [0.15, 0.2) is 6.61 Å². The monoisotopic (exact) mass is 252 g/mol. The fourth-order valence-corrected chi connectivity index (χ4v) is 1.65. The van der Waals surface area contributed by atoms with Crippen molar-refractivity contribution >= 4 is 5.91 Å². The molecule has 1 amide bonds. The van der Waals surface area contributed by atoms with Crippen LogP contribution >= 0.6 is 0 Å². The Morgan fingerprint density at radius 3 is 2.61 bits per heavy atom. The number of pyridine rings is 1. The molecule has 0 aromatic carbocycles. The van der Waals surface area contributed by atoms with Crippen LogP contribution in [-0.2, 0) is 11.4 Å². The van der Waals surface area contributed by atoms with Crippen LogP contribution in [0.25, 0.3) is 0 Å². The Hall–Kier alpha value is -1.62. The number of aliphatic hydroxyl groups excluding tert-OH is 1. The van der Waals surface area contributed by atoms with Crippen LogP contribution in [0.3, 0.4) is 0 Å². The summed E-state index contributed by atoms with van der Waals surface area (Å²) in [6.45, 7) is 6.79. The first-order valence-corrected chi connectivity index (χ1v) is 6.10. The van der Waals surface area contributed by atoms with Gasteiger partial charge < -0.3 is 14.7 Å². The van der Waals surface area contributed by atoms with Gasteiger partial charge in [-0.25, -0.2) is 0 Å². The third-order valence-electron chi connectivity index (χ3n) is 2.69. The molecule has 0 aliphatic carbocycles. The van der Waals surface area contributed by atoms with E-state index in [0.717, 1.165) is 5.69 Å². The topological polar surface area (TPSA) is 62.7 Å². The summed E-state index contributed by atoms with van der Waals surface area (Å²) in [5, 5.41) is 9.17. The molecule has 1 N–H and O–H groups in total. The van der Waals surface area contributed by atoms with Gasteiger partial charge in [0.05, 0.1) is 6.61 Å². The highest BCUT2D eigenvalue weighted by Crippen LogP contribution is 2.16. The van der Waals surface area contributed by atoms with Crippen LogP contribution in [-0.4, -0.2) is 40.6 Å². The third kappa shape index (κ3) is 3.70. The lowest BCUT2D eigenvalue weighted by atomic mass is 10.3. The fraction of sp³-hybridized carbons (Fsp3) is 0.538. The van der Waals surface area contributed by atoms with Crippen LogP contribution in [0.4, 0.5) is 0 Å². The molecule has 0 saturated heterocycles. The number of amides is 1. The minimum atomic E-state index is -0.198. The summed E-state index contributed by atoms with van der Waals surface area (Å²) in [4.78, 5) is 17.6. The van der Waals surface area contributed by atoms with E-state index in [0.29, 0.717) is 24.5 Å². The average molecular weight is 252 g/mol. The van der Waals surface area contributed by atoms with Crippen molar-refractivity contribution < 1.29 is 14.6 Å².